The zero-order valence-corrected chi connectivity index (χ0v) is 12.8. The number of halogens is 3. The van der Waals surface area contributed by atoms with E-state index in [4.69, 9.17) is 0 Å². The number of ether oxygens (including phenoxy) is 1. The molecule has 0 aromatic carbocycles. The number of carbonyl (C=O) groups excluding carboxylic acids is 1. The Hall–Kier alpha value is -1.86. The van der Waals surface area contributed by atoms with Gasteiger partial charge in [0.25, 0.3) is 0 Å². The van der Waals surface area contributed by atoms with Crippen LogP contribution in [0.5, 0.6) is 0 Å². The van der Waals surface area contributed by atoms with Crippen molar-refractivity contribution in [1.29, 1.82) is 0 Å². The summed E-state index contributed by atoms with van der Waals surface area (Å²) in [5.74, 6) is 0.266. The molecule has 0 amide bonds. The highest BCUT2D eigenvalue weighted by Crippen LogP contribution is 2.28. The fraction of sp³-hybridized carbons (Fsp3) is 0.643. The van der Waals surface area contributed by atoms with Crippen molar-refractivity contribution in [2.75, 3.05) is 19.0 Å². The van der Waals surface area contributed by atoms with Crippen molar-refractivity contribution in [3.8, 4) is 0 Å². The number of nitrogens with one attached hydrogen (secondary N) is 1. The van der Waals surface area contributed by atoms with Gasteiger partial charge in [-0.2, -0.15) is 13.2 Å². The first-order valence-electron chi connectivity index (χ1n) is 6.94. The third-order valence-corrected chi connectivity index (χ3v) is 3.38. The van der Waals surface area contributed by atoms with Crippen LogP contribution >= 0.6 is 0 Å². The molecule has 1 heterocycles. The van der Waals surface area contributed by atoms with Crippen LogP contribution in [0.2, 0.25) is 0 Å². The number of esters is 1. The van der Waals surface area contributed by atoms with Crippen LogP contribution in [0.25, 0.3) is 0 Å². The Morgan fingerprint density at radius 1 is 1.32 bits per heavy atom. The standard InChI is InChI=1S/C14H20F3N3O2/c1-9(2)10(6-12(21)22-3)4-5-18-13-19-7-11(8-20-13)14(15,16)17/h7-10H,4-6H2,1-3H3,(H,18,19,20). The number of rotatable bonds is 7. The van der Waals surface area contributed by atoms with Crippen LogP contribution in [0, 0.1) is 11.8 Å². The Balaban J connectivity index is 2.49. The van der Waals surface area contributed by atoms with Gasteiger partial charge in [-0.3, -0.25) is 4.79 Å². The Labute approximate surface area is 127 Å². The van der Waals surface area contributed by atoms with Gasteiger partial charge in [0.1, 0.15) is 0 Å². The Morgan fingerprint density at radius 2 is 1.91 bits per heavy atom. The molecule has 124 valence electrons. The lowest BCUT2D eigenvalue weighted by Crippen LogP contribution is -2.19. The number of anilines is 1. The molecular weight excluding hydrogens is 299 g/mol. The van der Waals surface area contributed by atoms with E-state index in [1.807, 2.05) is 13.8 Å². The number of carbonyl (C=O) groups is 1. The van der Waals surface area contributed by atoms with Crippen molar-refractivity contribution in [1.82, 2.24) is 9.97 Å². The van der Waals surface area contributed by atoms with Crippen LogP contribution in [-0.2, 0) is 15.7 Å². The first-order valence-corrected chi connectivity index (χ1v) is 6.94. The lowest BCUT2D eigenvalue weighted by Gasteiger charge is -2.19. The molecule has 0 aliphatic rings. The fourth-order valence-corrected chi connectivity index (χ4v) is 1.90. The molecule has 5 nitrogen and oxygen atoms in total. The van der Waals surface area contributed by atoms with Crippen LogP contribution < -0.4 is 5.32 Å². The van der Waals surface area contributed by atoms with Gasteiger partial charge in [0.2, 0.25) is 5.95 Å². The van der Waals surface area contributed by atoms with Crippen molar-refractivity contribution < 1.29 is 22.7 Å². The van der Waals surface area contributed by atoms with E-state index in [1.165, 1.54) is 7.11 Å². The normalized spacial score (nSPS) is 13.0. The SMILES string of the molecule is COC(=O)CC(CCNc1ncc(C(F)(F)F)cn1)C(C)C. The molecule has 1 aromatic heterocycles. The molecule has 0 aliphatic carbocycles. The summed E-state index contributed by atoms with van der Waals surface area (Å²) >= 11 is 0. The van der Waals surface area contributed by atoms with E-state index >= 15 is 0 Å². The molecule has 0 radical (unpaired) electrons. The van der Waals surface area contributed by atoms with Crippen LogP contribution in [0.4, 0.5) is 19.1 Å². The first-order chi connectivity index (χ1) is 10.2. The third-order valence-electron chi connectivity index (χ3n) is 3.38. The van der Waals surface area contributed by atoms with E-state index in [1.54, 1.807) is 0 Å². The lowest BCUT2D eigenvalue weighted by atomic mass is 9.89. The third kappa shape index (κ3) is 5.87. The minimum Gasteiger partial charge on any atom is -0.469 e. The maximum absolute atomic E-state index is 12.4. The lowest BCUT2D eigenvalue weighted by molar-refractivity contribution is -0.142. The van der Waals surface area contributed by atoms with Crippen molar-refractivity contribution in [2.24, 2.45) is 11.8 Å². The van der Waals surface area contributed by atoms with Crippen molar-refractivity contribution in [3.05, 3.63) is 18.0 Å². The summed E-state index contributed by atoms with van der Waals surface area (Å²) in [5.41, 5.74) is -0.885. The van der Waals surface area contributed by atoms with Gasteiger partial charge >= 0.3 is 12.1 Å². The van der Waals surface area contributed by atoms with Gasteiger partial charge in [0, 0.05) is 25.4 Å². The first kappa shape index (κ1) is 18.2. The second-order valence-electron chi connectivity index (χ2n) is 5.29. The van der Waals surface area contributed by atoms with Gasteiger partial charge in [-0.15, -0.1) is 0 Å². The van der Waals surface area contributed by atoms with Gasteiger partial charge in [-0.25, -0.2) is 9.97 Å². The molecule has 0 aliphatic heterocycles. The van der Waals surface area contributed by atoms with Crippen LogP contribution in [-0.4, -0.2) is 29.6 Å². The fourth-order valence-electron chi connectivity index (χ4n) is 1.90. The molecule has 8 heteroatoms. The molecule has 1 N–H and O–H groups in total. The molecule has 1 unspecified atom stereocenters. The highest BCUT2D eigenvalue weighted by molar-refractivity contribution is 5.69. The van der Waals surface area contributed by atoms with Gasteiger partial charge in [0.05, 0.1) is 12.7 Å². The Bertz CT molecular complexity index is 475. The topological polar surface area (TPSA) is 64.1 Å². The zero-order valence-electron chi connectivity index (χ0n) is 12.8. The summed E-state index contributed by atoms with van der Waals surface area (Å²) in [5, 5.41) is 2.86. The number of aromatic nitrogens is 2. The van der Waals surface area contributed by atoms with Gasteiger partial charge in [-0.1, -0.05) is 13.8 Å². The maximum atomic E-state index is 12.4. The van der Waals surface area contributed by atoms with Crippen LogP contribution in [0.3, 0.4) is 0 Å². The predicted octanol–water partition coefficient (Wildman–Crippen LogP) is 3.13. The minimum absolute atomic E-state index is 0.120. The second kappa shape index (κ2) is 7.95. The smallest absolute Gasteiger partial charge is 0.419 e. The number of alkyl halides is 3. The van der Waals surface area contributed by atoms with Gasteiger partial charge in [0.15, 0.2) is 0 Å². The highest BCUT2D eigenvalue weighted by atomic mass is 19.4. The largest absolute Gasteiger partial charge is 0.469 e. The number of nitrogens with zero attached hydrogens (tertiary/aromatic N) is 2. The van der Waals surface area contributed by atoms with Gasteiger partial charge < -0.3 is 10.1 Å². The number of hydrogen-bond donors (Lipinski definition) is 1. The molecule has 1 rings (SSSR count). The second-order valence-corrected chi connectivity index (χ2v) is 5.29. The van der Waals surface area contributed by atoms with Gasteiger partial charge in [-0.05, 0) is 18.3 Å². The molecule has 0 bridgehead atoms. The molecular formula is C14H20F3N3O2. The number of methoxy groups -OCH3 is 1. The van der Waals surface area contributed by atoms with E-state index < -0.39 is 11.7 Å². The summed E-state index contributed by atoms with van der Waals surface area (Å²) in [7, 11) is 1.34. The number of hydrogen-bond acceptors (Lipinski definition) is 5. The Kier molecular flexibility index (Phi) is 6.58. The molecule has 0 spiro atoms. The van der Waals surface area contributed by atoms with E-state index in [2.05, 4.69) is 20.0 Å². The average molecular weight is 319 g/mol. The van der Waals surface area contributed by atoms with Crippen LogP contribution in [0.1, 0.15) is 32.3 Å². The average Bonchev–Trinajstić information content (AvgIpc) is 2.45. The zero-order chi connectivity index (χ0) is 16.8. The van der Waals surface area contributed by atoms with E-state index in [0.29, 0.717) is 19.4 Å². The molecule has 1 atom stereocenters. The molecule has 0 saturated heterocycles. The monoisotopic (exact) mass is 319 g/mol. The van der Waals surface area contributed by atoms with Crippen LogP contribution in [0.15, 0.2) is 12.4 Å². The summed E-state index contributed by atoms with van der Waals surface area (Å²) in [6.07, 6.45) is -1.99. The summed E-state index contributed by atoms with van der Waals surface area (Å²) in [4.78, 5) is 18.6. The quantitative estimate of drug-likeness (QED) is 0.782. The van der Waals surface area contributed by atoms with E-state index in [9.17, 15) is 18.0 Å². The van der Waals surface area contributed by atoms with E-state index in [-0.39, 0.29) is 23.8 Å². The molecule has 22 heavy (non-hydrogen) atoms. The summed E-state index contributed by atoms with van der Waals surface area (Å²) in [6, 6.07) is 0. The maximum Gasteiger partial charge on any atom is 0.419 e. The molecule has 1 aromatic rings. The van der Waals surface area contributed by atoms with E-state index in [0.717, 1.165) is 12.4 Å². The van der Waals surface area contributed by atoms with Crippen molar-refractivity contribution in [3.63, 3.8) is 0 Å². The summed E-state index contributed by atoms with van der Waals surface area (Å²) in [6.45, 7) is 4.47. The summed E-state index contributed by atoms with van der Waals surface area (Å²) < 4.78 is 41.8. The van der Waals surface area contributed by atoms with Crippen molar-refractivity contribution >= 4 is 11.9 Å². The predicted molar refractivity (Wildman–Crippen MR) is 75.1 cm³/mol. The molecule has 0 fully saturated rings. The highest BCUT2D eigenvalue weighted by Gasteiger charge is 2.31. The van der Waals surface area contributed by atoms with Crippen molar-refractivity contribution in [2.45, 2.75) is 32.9 Å². The molecule has 0 saturated carbocycles. The Morgan fingerprint density at radius 3 is 2.36 bits per heavy atom. The minimum atomic E-state index is -4.44.